The minimum atomic E-state index is -0.695. The summed E-state index contributed by atoms with van der Waals surface area (Å²) in [5, 5.41) is 3.81. The van der Waals surface area contributed by atoms with Crippen molar-refractivity contribution in [1.82, 2.24) is 29.2 Å². The molecule has 0 saturated heterocycles. The van der Waals surface area contributed by atoms with Gasteiger partial charge < -0.3 is 14.2 Å². The number of hydrogen-bond acceptors (Lipinski definition) is 7. The molecule has 0 amide bonds. The van der Waals surface area contributed by atoms with Crippen molar-refractivity contribution in [3.63, 3.8) is 0 Å². The van der Waals surface area contributed by atoms with Crippen LogP contribution in [0.2, 0.25) is 5.28 Å². The third-order valence-electron chi connectivity index (χ3n) is 5.00. The number of aromatic amines is 1. The highest BCUT2D eigenvalue weighted by Crippen LogP contribution is 2.14. The third-order valence-corrected chi connectivity index (χ3v) is 5.18. The molecule has 1 aromatic carbocycles. The van der Waals surface area contributed by atoms with Gasteiger partial charge in [-0.1, -0.05) is 11.2 Å². The molecule has 4 rings (SSSR count). The average Bonchev–Trinajstić information content (AvgIpc) is 3.39. The third kappa shape index (κ3) is 4.86. The Morgan fingerprint density at radius 2 is 2.00 bits per heavy atom. The number of benzene rings is 1. The topological polar surface area (TPSA) is 121 Å². The van der Waals surface area contributed by atoms with Gasteiger partial charge >= 0.3 is 5.69 Å². The van der Waals surface area contributed by atoms with Gasteiger partial charge in [0.2, 0.25) is 11.2 Å². The van der Waals surface area contributed by atoms with Crippen LogP contribution in [0.3, 0.4) is 0 Å². The lowest BCUT2D eigenvalue weighted by Gasteiger charge is -2.10. The predicted octanol–water partition coefficient (Wildman–Crippen LogP) is 2.07. The van der Waals surface area contributed by atoms with Crippen LogP contribution in [-0.2, 0) is 30.7 Å². The standard InChI is InChI=1S/C20H19ClF2N6O4/c1-32-8-7-28-17-16(25-19(21)26-17)18(30)29(20(28)31)6-2-3-15-24-14(27-33-15)9-11-4-5-12(22)10-13(11)23/h4-5,10H,2-3,6-9H2,1H3,(H,25,26). The van der Waals surface area contributed by atoms with Crippen LogP contribution >= 0.6 is 11.6 Å². The lowest BCUT2D eigenvalue weighted by molar-refractivity contribution is 0.186. The fraction of sp³-hybridized carbons (Fsp3) is 0.350. The molecule has 10 nitrogen and oxygen atoms in total. The van der Waals surface area contributed by atoms with E-state index < -0.39 is 22.9 Å². The van der Waals surface area contributed by atoms with Gasteiger partial charge in [-0.25, -0.2) is 13.6 Å². The minimum Gasteiger partial charge on any atom is -0.383 e. The Hall–Kier alpha value is -3.38. The van der Waals surface area contributed by atoms with Crippen LogP contribution in [0.25, 0.3) is 11.2 Å². The summed E-state index contributed by atoms with van der Waals surface area (Å²) in [6, 6.07) is 3.26. The molecule has 0 aliphatic rings. The van der Waals surface area contributed by atoms with E-state index in [0.717, 1.165) is 16.7 Å². The van der Waals surface area contributed by atoms with Crippen LogP contribution < -0.4 is 11.2 Å². The number of hydrogen-bond donors (Lipinski definition) is 1. The van der Waals surface area contributed by atoms with Crippen molar-refractivity contribution in [3.05, 3.63) is 73.2 Å². The summed E-state index contributed by atoms with van der Waals surface area (Å²) < 4.78 is 39.5. The molecule has 0 saturated carbocycles. The van der Waals surface area contributed by atoms with Crippen molar-refractivity contribution < 1.29 is 18.0 Å². The van der Waals surface area contributed by atoms with Crippen LogP contribution in [0.15, 0.2) is 32.3 Å². The van der Waals surface area contributed by atoms with Gasteiger partial charge in [0.15, 0.2) is 17.0 Å². The number of aryl methyl sites for hydroxylation is 1. The first-order chi connectivity index (χ1) is 15.9. The fourth-order valence-electron chi connectivity index (χ4n) is 3.41. The second kappa shape index (κ2) is 9.63. The molecule has 0 aliphatic heterocycles. The number of imidazole rings is 1. The smallest absolute Gasteiger partial charge is 0.332 e. The fourth-order valence-corrected chi connectivity index (χ4v) is 3.58. The first-order valence-corrected chi connectivity index (χ1v) is 10.4. The Balaban J connectivity index is 1.48. The first kappa shape index (κ1) is 22.8. The summed E-state index contributed by atoms with van der Waals surface area (Å²) in [6.45, 7) is 0.527. The van der Waals surface area contributed by atoms with Gasteiger partial charge in [0.25, 0.3) is 5.56 Å². The first-order valence-electron chi connectivity index (χ1n) is 10.0. The molecule has 13 heteroatoms. The number of nitrogens with one attached hydrogen (secondary N) is 1. The van der Waals surface area contributed by atoms with Crippen molar-refractivity contribution in [2.75, 3.05) is 13.7 Å². The highest BCUT2D eigenvalue weighted by atomic mass is 35.5. The number of methoxy groups -OCH3 is 1. The number of fused-ring (bicyclic) bond motifs is 1. The normalized spacial score (nSPS) is 11.5. The maximum Gasteiger partial charge on any atom is 0.332 e. The zero-order chi connectivity index (χ0) is 23.5. The summed E-state index contributed by atoms with van der Waals surface area (Å²) in [5.41, 5.74) is -0.555. The molecular formula is C20H19ClF2N6O4. The molecule has 0 aliphatic carbocycles. The number of ether oxygens (including phenoxy) is 1. The highest BCUT2D eigenvalue weighted by molar-refractivity contribution is 6.28. The summed E-state index contributed by atoms with van der Waals surface area (Å²) >= 11 is 5.90. The zero-order valence-corrected chi connectivity index (χ0v) is 18.2. The summed E-state index contributed by atoms with van der Waals surface area (Å²) in [6.07, 6.45) is 0.667. The van der Waals surface area contributed by atoms with Crippen LogP contribution in [-0.4, -0.2) is 43.0 Å². The van der Waals surface area contributed by atoms with Gasteiger partial charge in [0.1, 0.15) is 11.6 Å². The van der Waals surface area contributed by atoms with E-state index in [1.54, 1.807) is 0 Å². The van der Waals surface area contributed by atoms with E-state index in [2.05, 4.69) is 20.1 Å². The molecule has 0 spiro atoms. The molecular weight excluding hydrogens is 462 g/mol. The second-order valence-electron chi connectivity index (χ2n) is 7.23. The number of aromatic nitrogens is 6. The molecule has 174 valence electrons. The predicted molar refractivity (Wildman–Crippen MR) is 113 cm³/mol. The Bertz CT molecular complexity index is 1410. The van der Waals surface area contributed by atoms with Crippen LogP contribution in [0.1, 0.15) is 23.7 Å². The van der Waals surface area contributed by atoms with Crippen LogP contribution in [0, 0.1) is 11.6 Å². The van der Waals surface area contributed by atoms with E-state index in [1.165, 1.54) is 17.7 Å². The van der Waals surface area contributed by atoms with E-state index in [9.17, 15) is 18.4 Å². The monoisotopic (exact) mass is 480 g/mol. The molecule has 3 heterocycles. The van der Waals surface area contributed by atoms with Crippen molar-refractivity contribution in [1.29, 1.82) is 0 Å². The van der Waals surface area contributed by atoms with Gasteiger partial charge in [0, 0.05) is 32.6 Å². The number of rotatable bonds is 9. The molecule has 3 aromatic heterocycles. The Kier molecular flexibility index (Phi) is 6.65. The van der Waals surface area contributed by atoms with E-state index in [1.807, 2.05) is 0 Å². The van der Waals surface area contributed by atoms with Gasteiger partial charge in [-0.2, -0.15) is 9.97 Å². The molecule has 0 bridgehead atoms. The Morgan fingerprint density at radius 1 is 1.18 bits per heavy atom. The van der Waals surface area contributed by atoms with E-state index in [0.29, 0.717) is 6.42 Å². The van der Waals surface area contributed by atoms with Crippen molar-refractivity contribution in [2.24, 2.45) is 0 Å². The largest absolute Gasteiger partial charge is 0.383 e. The van der Waals surface area contributed by atoms with Crippen LogP contribution in [0.4, 0.5) is 8.78 Å². The molecule has 0 unspecified atom stereocenters. The van der Waals surface area contributed by atoms with E-state index >= 15 is 0 Å². The quantitative estimate of drug-likeness (QED) is 0.364. The van der Waals surface area contributed by atoms with E-state index in [-0.39, 0.29) is 66.3 Å². The maximum absolute atomic E-state index is 13.8. The average molecular weight is 481 g/mol. The number of H-pyrrole nitrogens is 1. The van der Waals surface area contributed by atoms with Gasteiger partial charge in [-0.05, 0) is 29.7 Å². The molecule has 0 radical (unpaired) electrons. The second-order valence-corrected chi connectivity index (χ2v) is 7.59. The van der Waals surface area contributed by atoms with Gasteiger partial charge in [-0.3, -0.25) is 13.9 Å². The lowest BCUT2D eigenvalue weighted by Crippen LogP contribution is -2.40. The number of halogens is 3. The molecule has 1 N–H and O–H groups in total. The van der Waals surface area contributed by atoms with E-state index in [4.69, 9.17) is 20.9 Å². The lowest BCUT2D eigenvalue weighted by atomic mass is 10.1. The maximum atomic E-state index is 13.8. The summed E-state index contributed by atoms with van der Waals surface area (Å²) in [4.78, 5) is 36.6. The SMILES string of the molecule is COCCn1c(=O)n(CCCc2nc(Cc3ccc(F)cc3F)no2)c(=O)c2[nH]c(Cl)nc21. The molecule has 4 aromatic rings. The number of nitrogens with zero attached hydrogens (tertiary/aromatic N) is 5. The van der Waals surface area contributed by atoms with Gasteiger partial charge in [-0.15, -0.1) is 0 Å². The summed E-state index contributed by atoms with van der Waals surface area (Å²) in [5.74, 6) is -0.856. The molecule has 33 heavy (non-hydrogen) atoms. The van der Waals surface area contributed by atoms with Crippen molar-refractivity contribution in [3.8, 4) is 0 Å². The van der Waals surface area contributed by atoms with Gasteiger partial charge in [0.05, 0.1) is 13.2 Å². The molecule has 0 fully saturated rings. The van der Waals surface area contributed by atoms with Crippen molar-refractivity contribution in [2.45, 2.75) is 32.4 Å². The van der Waals surface area contributed by atoms with Crippen LogP contribution in [0.5, 0.6) is 0 Å². The molecule has 0 atom stereocenters. The summed E-state index contributed by atoms with van der Waals surface area (Å²) in [7, 11) is 1.50. The Labute approximate surface area is 189 Å². The van der Waals surface area contributed by atoms with Crippen molar-refractivity contribution >= 4 is 22.8 Å². The minimum absolute atomic E-state index is 0.00129. The highest BCUT2D eigenvalue weighted by Gasteiger charge is 2.17. The zero-order valence-electron chi connectivity index (χ0n) is 17.5. The Morgan fingerprint density at radius 3 is 2.76 bits per heavy atom.